The fraction of sp³-hybridized carbons (Fsp3) is 0.300. The Bertz CT molecular complexity index is 744. The third-order valence-corrected chi connectivity index (χ3v) is 4.21. The highest BCUT2D eigenvalue weighted by molar-refractivity contribution is 6.01. The summed E-state index contributed by atoms with van der Waals surface area (Å²) >= 11 is 0. The Labute approximate surface area is 146 Å². The molecule has 0 unspecified atom stereocenters. The van der Waals surface area contributed by atoms with Gasteiger partial charge in [0.2, 0.25) is 5.91 Å². The molecule has 0 bridgehead atoms. The lowest BCUT2D eigenvalue weighted by Crippen LogP contribution is -2.36. The quantitative estimate of drug-likeness (QED) is 0.803. The van der Waals surface area contributed by atoms with Crippen LogP contribution in [0, 0.1) is 5.82 Å². The predicted octanol–water partition coefficient (Wildman–Crippen LogP) is 3.76. The van der Waals surface area contributed by atoms with Crippen LogP contribution in [0.4, 0.5) is 4.39 Å². The second-order valence-corrected chi connectivity index (χ2v) is 6.09. The molecule has 130 valence electrons. The Morgan fingerprint density at radius 2 is 1.92 bits per heavy atom. The normalized spacial score (nSPS) is 16.2. The van der Waals surface area contributed by atoms with Crippen molar-refractivity contribution in [1.82, 2.24) is 4.90 Å². The zero-order valence-corrected chi connectivity index (χ0v) is 14.2. The molecule has 0 spiro atoms. The van der Waals surface area contributed by atoms with Gasteiger partial charge in [-0.25, -0.2) is 4.39 Å². The maximum Gasteiger partial charge on any atom is 0.222 e. The van der Waals surface area contributed by atoms with Crippen molar-refractivity contribution in [1.29, 1.82) is 0 Å². The first-order valence-corrected chi connectivity index (χ1v) is 8.46. The molecule has 2 aromatic carbocycles. The fourth-order valence-corrected chi connectivity index (χ4v) is 2.86. The number of carbonyl (C=O) groups excluding carboxylic acids is 1. The second kappa shape index (κ2) is 7.92. The molecular formula is C20H21FN2O2. The number of amides is 1. The van der Waals surface area contributed by atoms with E-state index in [0.717, 1.165) is 16.8 Å². The second-order valence-electron chi connectivity index (χ2n) is 6.09. The maximum atomic E-state index is 13.1. The Kier molecular flexibility index (Phi) is 5.43. The summed E-state index contributed by atoms with van der Waals surface area (Å²) in [5, 5.41) is 4.17. The van der Waals surface area contributed by atoms with Gasteiger partial charge in [-0.3, -0.25) is 4.79 Å². The molecule has 1 heterocycles. The first-order valence-electron chi connectivity index (χ1n) is 8.46. The largest absolute Gasteiger partial charge is 0.390 e. The lowest BCUT2D eigenvalue weighted by Gasteiger charge is -2.24. The zero-order valence-electron chi connectivity index (χ0n) is 14.2. The van der Waals surface area contributed by atoms with E-state index in [9.17, 15) is 9.18 Å². The molecule has 3 rings (SSSR count). The molecule has 0 fully saturated rings. The molecule has 0 radical (unpaired) electrons. The van der Waals surface area contributed by atoms with Crippen LogP contribution in [0.1, 0.15) is 30.9 Å². The zero-order chi connectivity index (χ0) is 17.6. The van der Waals surface area contributed by atoms with Crippen molar-refractivity contribution in [2.75, 3.05) is 6.54 Å². The molecule has 1 amide bonds. The van der Waals surface area contributed by atoms with Gasteiger partial charge < -0.3 is 9.74 Å². The molecule has 0 aliphatic carbocycles. The lowest BCUT2D eigenvalue weighted by atomic mass is 10.0. The first kappa shape index (κ1) is 17.1. The fourth-order valence-electron chi connectivity index (χ4n) is 2.86. The van der Waals surface area contributed by atoms with Gasteiger partial charge in [0.25, 0.3) is 0 Å². The summed E-state index contributed by atoms with van der Waals surface area (Å²) in [7, 11) is 0. The lowest BCUT2D eigenvalue weighted by molar-refractivity contribution is -0.133. The topological polar surface area (TPSA) is 41.9 Å². The molecule has 0 saturated heterocycles. The van der Waals surface area contributed by atoms with Crippen molar-refractivity contribution < 1.29 is 14.0 Å². The van der Waals surface area contributed by atoms with E-state index >= 15 is 0 Å². The van der Waals surface area contributed by atoms with Crippen molar-refractivity contribution in [3.05, 3.63) is 71.5 Å². The number of benzene rings is 2. The van der Waals surface area contributed by atoms with Gasteiger partial charge in [-0.1, -0.05) is 54.5 Å². The number of oxime groups is 1. The van der Waals surface area contributed by atoms with Gasteiger partial charge in [0, 0.05) is 19.4 Å². The summed E-state index contributed by atoms with van der Waals surface area (Å²) in [4.78, 5) is 19.6. The van der Waals surface area contributed by atoms with E-state index in [0.29, 0.717) is 25.9 Å². The van der Waals surface area contributed by atoms with E-state index in [2.05, 4.69) is 5.16 Å². The smallest absolute Gasteiger partial charge is 0.222 e. The van der Waals surface area contributed by atoms with E-state index < -0.39 is 0 Å². The molecule has 5 heteroatoms. The van der Waals surface area contributed by atoms with E-state index in [1.54, 1.807) is 17.0 Å². The highest BCUT2D eigenvalue weighted by Gasteiger charge is 2.26. The molecule has 1 aliphatic rings. The van der Waals surface area contributed by atoms with Gasteiger partial charge >= 0.3 is 0 Å². The maximum absolute atomic E-state index is 13.1. The summed E-state index contributed by atoms with van der Waals surface area (Å²) in [6.45, 7) is 2.73. The van der Waals surface area contributed by atoms with Crippen LogP contribution >= 0.6 is 0 Å². The van der Waals surface area contributed by atoms with Gasteiger partial charge in [0.05, 0.1) is 12.3 Å². The van der Waals surface area contributed by atoms with Crippen LogP contribution in [0.3, 0.4) is 0 Å². The van der Waals surface area contributed by atoms with E-state index in [1.165, 1.54) is 12.1 Å². The molecule has 0 aromatic heterocycles. The van der Waals surface area contributed by atoms with Crippen molar-refractivity contribution in [3.8, 4) is 0 Å². The molecule has 0 saturated carbocycles. The summed E-state index contributed by atoms with van der Waals surface area (Å²) in [6, 6.07) is 16.1. The third-order valence-electron chi connectivity index (χ3n) is 4.21. The minimum atomic E-state index is -0.280. The Morgan fingerprint density at radius 1 is 1.20 bits per heavy atom. The van der Waals surface area contributed by atoms with Crippen molar-refractivity contribution in [2.45, 2.75) is 32.4 Å². The third kappa shape index (κ3) is 4.44. The number of carbonyl (C=O) groups is 1. The van der Waals surface area contributed by atoms with Crippen LogP contribution in [0.15, 0.2) is 59.8 Å². The number of nitrogens with zero attached hydrogens (tertiary/aromatic N) is 2. The summed E-state index contributed by atoms with van der Waals surface area (Å²) in [6.07, 6.45) is 0.924. The van der Waals surface area contributed by atoms with E-state index in [4.69, 9.17) is 4.84 Å². The average molecular weight is 340 g/mol. The summed E-state index contributed by atoms with van der Waals surface area (Å²) in [5.74, 6) is -0.238. The Hall–Kier alpha value is -2.69. The Morgan fingerprint density at radius 3 is 2.60 bits per heavy atom. The Balaban J connectivity index is 1.63. The van der Waals surface area contributed by atoms with Gasteiger partial charge in [0.1, 0.15) is 5.82 Å². The monoisotopic (exact) mass is 340 g/mol. The highest BCUT2D eigenvalue weighted by atomic mass is 19.1. The standard InChI is InChI=1S/C20H21FN2O2/c1-2-20(24)23(13-15-8-10-17(21)11-9-15)14-18-12-19(22-25-18)16-6-4-3-5-7-16/h3-11,18H,2,12-14H2,1H3/t18-/m0/s1. The summed E-state index contributed by atoms with van der Waals surface area (Å²) < 4.78 is 13.1. The van der Waals surface area contributed by atoms with Crippen molar-refractivity contribution in [3.63, 3.8) is 0 Å². The van der Waals surface area contributed by atoms with Crippen LogP contribution in [-0.4, -0.2) is 29.2 Å². The molecule has 1 aliphatic heterocycles. The van der Waals surface area contributed by atoms with Crippen molar-refractivity contribution in [2.24, 2.45) is 5.16 Å². The first-order chi connectivity index (χ1) is 12.2. The van der Waals surface area contributed by atoms with Crippen LogP contribution in [-0.2, 0) is 16.2 Å². The molecule has 1 atom stereocenters. The average Bonchev–Trinajstić information content (AvgIpc) is 3.11. The highest BCUT2D eigenvalue weighted by Crippen LogP contribution is 2.19. The molecule has 25 heavy (non-hydrogen) atoms. The summed E-state index contributed by atoms with van der Waals surface area (Å²) in [5.41, 5.74) is 2.83. The number of hydrogen-bond acceptors (Lipinski definition) is 3. The predicted molar refractivity (Wildman–Crippen MR) is 94.6 cm³/mol. The SMILES string of the molecule is CCC(=O)N(Cc1ccc(F)cc1)C[C@@H]1CC(c2ccccc2)=NO1. The minimum Gasteiger partial charge on any atom is -0.390 e. The number of halogens is 1. The molecule has 4 nitrogen and oxygen atoms in total. The van der Waals surface area contributed by atoms with E-state index in [1.807, 2.05) is 37.3 Å². The van der Waals surface area contributed by atoms with Gasteiger partial charge in [-0.05, 0) is 23.3 Å². The van der Waals surface area contributed by atoms with Crippen LogP contribution in [0.2, 0.25) is 0 Å². The minimum absolute atomic E-state index is 0.0427. The number of rotatable bonds is 6. The van der Waals surface area contributed by atoms with Crippen LogP contribution < -0.4 is 0 Å². The van der Waals surface area contributed by atoms with Crippen LogP contribution in [0.25, 0.3) is 0 Å². The van der Waals surface area contributed by atoms with Crippen molar-refractivity contribution >= 4 is 11.6 Å². The van der Waals surface area contributed by atoms with Gasteiger partial charge in [0.15, 0.2) is 6.10 Å². The van der Waals surface area contributed by atoms with E-state index in [-0.39, 0.29) is 17.8 Å². The molecule has 0 N–H and O–H groups in total. The van der Waals surface area contributed by atoms with Gasteiger partial charge in [-0.2, -0.15) is 0 Å². The van der Waals surface area contributed by atoms with Crippen LogP contribution in [0.5, 0.6) is 0 Å². The molecule has 2 aromatic rings. The number of hydrogen-bond donors (Lipinski definition) is 0. The molecular weight excluding hydrogens is 319 g/mol. The van der Waals surface area contributed by atoms with Gasteiger partial charge in [-0.15, -0.1) is 0 Å².